The van der Waals surface area contributed by atoms with Crippen LogP contribution >= 0.6 is 0 Å². The molecule has 0 unspecified atom stereocenters. The summed E-state index contributed by atoms with van der Waals surface area (Å²) in [4.78, 5) is 63.5. The van der Waals surface area contributed by atoms with Gasteiger partial charge in [0.05, 0.1) is 29.5 Å². The Kier molecular flexibility index (Phi) is 12.9. The fraction of sp³-hybridized carbons (Fsp3) is 0.622. The summed E-state index contributed by atoms with van der Waals surface area (Å²) in [5.74, 6) is -1.55. The lowest BCUT2D eigenvalue weighted by atomic mass is 9.96. The molecule has 1 aromatic carbocycles. The van der Waals surface area contributed by atoms with Crippen molar-refractivity contribution in [1.29, 1.82) is 0 Å². The largest absolute Gasteiger partial charge is 0.492 e. The van der Waals surface area contributed by atoms with E-state index >= 15 is 4.79 Å². The first-order chi connectivity index (χ1) is 29.5. The van der Waals surface area contributed by atoms with E-state index in [0.717, 1.165) is 50.3 Å². The van der Waals surface area contributed by atoms with Crippen molar-refractivity contribution in [2.24, 2.45) is 17.8 Å². The van der Waals surface area contributed by atoms with Crippen LogP contribution in [0.25, 0.3) is 10.9 Å². The van der Waals surface area contributed by atoms with Gasteiger partial charge in [0.25, 0.3) is 5.91 Å². The van der Waals surface area contributed by atoms with Crippen LogP contribution in [0.5, 0.6) is 11.6 Å². The zero-order valence-corrected chi connectivity index (χ0v) is 35.5. The van der Waals surface area contributed by atoms with E-state index in [1.165, 1.54) is 11.0 Å². The van der Waals surface area contributed by atoms with Crippen molar-refractivity contribution in [1.82, 2.24) is 25.2 Å². The van der Waals surface area contributed by atoms with Crippen LogP contribution in [0.15, 0.2) is 49.1 Å². The van der Waals surface area contributed by atoms with Gasteiger partial charge in [0.1, 0.15) is 35.6 Å². The first kappa shape index (κ1) is 43.0. The number of benzene rings is 1. The van der Waals surface area contributed by atoms with Gasteiger partial charge < -0.3 is 34.9 Å². The Labute approximate surface area is 357 Å². The maximum absolute atomic E-state index is 15.0. The van der Waals surface area contributed by atoms with E-state index in [-0.39, 0.29) is 43.9 Å². The second kappa shape index (κ2) is 18.3. The molecule has 15 nitrogen and oxygen atoms in total. The molecule has 4 saturated carbocycles. The fourth-order valence-corrected chi connectivity index (χ4v) is 11.2. The lowest BCUT2D eigenvalue weighted by Crippen LogP contribution is -2.59. The van der Waals surface area contributed by atoms with E-state index in [2.05, 4.69) is 34.1 Å². The summed E-state index contributed by atoms with van der Waals surface area (Å²) in [6, 6.07) is 5.50. The van der Waals surface area contributed by atoms with E-state index in [4.69, 9.17) is 19.2 Å². The number of pyridine rings is 1. The fourth-order valence-electron chi connectivity index (χ4n) is 9.85. The van der Waals surface area contributed by atoms with Crippen LogP contribution in [0.4, 0.5) is 4.79 Å². The number of rotatable bonds is 12. The summed E-state index contributed by atoms with van der Waals surface area (Å²) in [6.45, 7) is 4.21. The number of hydrogen-bond donors (Lipinski definition) is 4. The highest BCUT2D eigenvalue weighted by Crippen LogP contribution is 2.46. The van der Waals surface area contributed by atoms with Crippen molar-refractivity contribution in [2.45, 2.75) is 138 Å². The lowest BCUT2D eigenvalue weighted by molar-refractivity contribution is -0.142. The number of ether oxygens (including phenoxy) is 3. The van der Waals surface area contributed by atoms with E-state index in [1.54, 1.807) is 0 Å². The Morgan fingerprint density at radius 2 is 1.80 bits per heavy atom. The molecular weight excluding hydrogens is 803 g/mol. The highest BCUT2D eigenvalue weighted by molar-refractivity contribution is 7.91. The predicted octanol–water partition coefficient (Wildman–Crippen LogP) is 4.75. The predicted molar refractivity (Wildman–Crippen MR) is 226 cm³/mol. The number of sulfonamides is 1. The molecule has 7 atom stereocenters. The molecule has 61 heavy (non-hydrogen) atoms. The van der Waals surface area contributed by atoms with Crippen LogP contribution in [0.3, 0.4) is 0 Å². The molecule has 4 aliphatic carbocycles. The van der Waals surface area contributed by atoms with Gasteiger partial charge in [0, 0.05) is 24.3 Å². The molecule has 6 aliphatic rings. The monoisotopic (exact) mass is 861 g/mol. The smallest absolute Gasteiger partial charge is 0.408 e. The molecule has 5 fully saturated rings. The Hall–Kier alpha value is -4.70. The first-order valence-electron chi connectivity index (χ1n) is 22.3. The molecule has 4 N–H and O–H groups in total. The zero-order valence-electron chi connectivity index (χ0n) is 34.7. The Morgan fingerprint density at radius 1 is 1.02 bits per heavy atom. The van der Waals surface area contributed by atoms with Crippen LogP contribution < -0.4 is 24.8 Å². The number of alkyl carbamates (subject to hydrolysis) is 1. The topological polar surface area (TPSA) is 203 Å². The minimum atomic E-state index is -3.92. The highest BCUT2D eigenvalue weighted by Gasteiger charge is 2.62. The van der Waals surface area contributed by atoms with Crippen LogP contribution in [0.1, 0.15) is 102 Å². The van der Waals surface area contributed by atoms with Gasteiger partial charge in [0.2, 0.25) is 27.7 Å². The summed E-state index contributed by atoms with van der Waals surface area (Å²) < 4.78 is 47.2. The van der Waals surface area contributed by atoms with Crippen molar-refractivity contribution in [3.63, 3.8) is 0 Å². The molecule has 2 bridgehead atoms. The molecule has 0 radical (unpaired) electrons. The number of hydrogen-bond acceptors (Lipinski definition) is 11. The van der Waals surface area contributed by atoms with Crippen molar-refractivity contribution in [2.75, 3.05) is 19.8 Å². The van der Waals surface area contributed by atoms with Crippen LogP contribution in [0, 0.1) is 17.8 Å². The number of amides is 4. The van der Waals surface area contributed by atoms with Gasteiger partial charge in [-0.05, 0) is 107 Å². The molecule has 2 aliphatic heterocycles. The summed E-state index contributed by atoms with van der Waals surface area (Å²) in [5.41, 5.74) is -0.213. The molecular formula is C45H59N5O10S. The van der Waals surface area contributed by atoms with Crippen LogP contribution in [-0.4, -0.2) is 102 Å². The number of carbonyl (C=O) groups is 4. The van der Waals surface area contributed by atoms with Crippen molar-refractivity contribution >= 4 is 44.7 Å². The van der Waals surface area contributed by atoms with Crippen LogP contribution in [0.2, 0.25) is 0 Å². The van der Waals surface area contributed by atoms with Gasteiger partial charge in [-0.15, -0.1) is 6.58 Å². The van der Waals surface area contributed by atoms with Gasteiger partial charge in [-0.25, -0.2) is 18.2 Å². The van der Waals surface area contributed by atoms with E-state index in [1.807, 2.05) is 24.3 Å². The SMILES string of the molecule is C=C[C@@H]1C[C@]1(NC(=O)[C@@H]1C[C@@H]2CN1C(=O)[C@H](C1CCCC1)NC(=O)O[C@@H]1CCC[C@H]1CC/C=C\Cc1c(nc3ccccc3c1OCCCCO)O2)C(=O)NS(=O)(=O)C1CC1. The second-order valence-electron chi connectivity index (χ2n) is 17.7. The molecule has 330 valence electrons. The van der Waals surface area contributed by atoms with Crippen molar-refractivity contribution in [3.05, 3.63) is 54.6 Å². The average Bonchev–Trinajstić information content (AvgIpc) is 4.03. The number of nitrogens with zero attached hydrogens (tertiary/aromatic N) is 2. The molecule has 2 aromatic rings. The maximum Gasteiger partial charge on any atom is 0.408 e. The zero-order chi connectivity index (χ0) is 42.7. The van der Waals surface area contributed by atoms with E-state index in [0.29, 0.717) is 74.3 Å². The minimum absolute atomic E-state index is 0.0243. The summed E-state index contributed by atoms with van der Waals surface area (Å²) in [6.07, 6.45) is 14.2. The summed E-state index contributed by atoms with van der Waals surface area (Å²) >= 11 is 0. The number of carbonyl (C=O) groups excluding carboxylic acids is 4. The summed E-state index contributed by atoms with van der Waals surface area (Å²) in [7, 11) is -3.92. The van der Waals surface area contributed by atoms with Crippen molar-refractivity contribution < 1.29 is 46.9 Å². The number of unbranched alkanes of at least 4 members (excludes halogenated alkanes) is 1. The second-order valence-corrected chi connectivity index (χ2v) is 19.7. The third kappa shape index (κ3) is 9.40. The van der Waals surface area contributed by atoms with Gasteiger partial charge in [0.15, 0.2) is 0 Å². The highest BCUT2D eigenvalue weighted by atomic mass is 32.2. The van der Waals surface area contributed by atoms with E-state index < -0.39 is 68.7 Å². The number of fused-ring (bicyclic) bond motifs is 5. The molecule has 3 heterocycles. The molecule has 4 amide bonds. The van der Waals surface area contributed by atoms with Crippen LogP contribution in [-0.2, 0) is 35.6 Å². The number of para-hydroxylation sites is 1. The number of aliphatic hydroxyl groups is 1. The quantitative estimate of drug-likeness (QED) is 0.170. The summed E-state index contributed by atoms with van der Waals surface area (Å²) in [5, 5.41) is 15.4. The standard InChI is InChI=1S/C45H59N5O10S/c1-2-30-26-45(30,43(54)49-61(56,57)32-21-22-32)48-40(52)36-25-31-27-50(36)42(53)38(29-14-6-7-15-29)47-44(55)60-37-20-12-16-28(37)13-4-3-5-18-34-39(58-24-11-10-23-51)33-17-8-9-19-35(33)46-41(34)59-31/h2-3,5,8-9,17,19,28-32,36-38,51H,1,4,6-7,10-16,18,20-27H2,(H,47,55)(H,48,52)(H,49,54)/b5-3-/t28-,30-,31-,36+,37-,38+,45-/m1/s1. The average molecular weight is 862 g/mol. The normalized spacial score (nSPS) is 30.1. The van der Waals surface area contributed by atoms with Gasteiger partial charge in [-0.2, -0.15) is 0 Å². The lowest BCUT2D eigenvalue weighted by Gasteiger charge is -2.32. The third-order valence-electron chi connectivity index (χ3n) is 13.5. The van der Waals surface area contributed by atoms with E-state index in [9.17, 15) is 27.9 Å². The molecule has 8 rings (SSSR count). The van der Waals surface area contributed by atoms with Crippen molar-refractivity contribution in [3.8, 4) is 11.6 Å². The van der Waals surface area contributed by atoms with Gasteiger partial charge in [-0.3, -0.25) is 19.1 Å². The minimum Gasteiger partial charge on any atom is -0.492 e. The number of aliphatic hydroxyl groups excluding tert-OH is 1. The third-order valence-corrected chi connectivity index (χ3v) is 15.3. The first-order valence-corrected chi connectivity index (χ1v) is 23.8. The van der Waals surface area contributed by atoms with Gasteiger partial charge in [-0.1, -0.05) is 43.2 Å². The van der Waals surface area contributed by atoms with Gasteiger partial charge >= 0.3 is 6.09 Å². The molecule has 1 saturated heterocycles. The molecule has 0 spiro atoms. The number of nitrogens with one attached hydrogen (secondary N) is 3. The Morgan fingerprint density at radius 3 is 2.56 bits per heavy atom. The Balaban J connectivity index is 1.16. The number of allylic oxidation sites excluding steroid dienone is 2. The number of aromatic nitrogens is 1. The molecule has 16 heteroatoms. The molecule has 1 aromatic heterocycles. The Bertz CT molecular complexity index is 2140. The maximum atomic E-state index is 15.0.